The van der Waals surface area contributed by atoms with E-state index in [2.05, 4.69) is 0 Å². The van der Waals surface area contributed by atoms with E-state index in [1.54, 1.807) is 12.1 Å². The maximum atomic E-state index is 12.9. The number of ether oxygens (including phenoxy) is 3. The largest absolute Gasteiger partial charge is 0.508 e. The summed E-state index contributed by atoms with van der Waals surface area (Å²) in [6.07, 6.45) is -7.36. The van der Waals surface area contributed by atoms with E-state index < -0.39 is 48.8 Å². The molecule has 0 spiro atoms. The normalized spacial score (nSPS) is 25.3. The van der Waals surface area contributed by atoms with Gasteiger partial charge in [-0.1, -0.05) is 12.1 Å². The van der Waals surface area contributed by atoms with Gasteiger partial charge in [0.15, 0.2) is 5.78 Å². The molecule has 0 saturated carbocycles. The molecular formula is C22H26O10. The SMILES string of the molecule is COc1cc(O)c(C(=O)CCc2ccc(O)cc2)c(O[C@H]2O[C@@H](CO)[C@H](O)C(O)[C@@H]2O)c1. The van der Waals surface area contributed by atoms with Crippen LogP contribution in [0.2, 0.25) is 0 Å². The van der Waals surface area contributed by atoms with Crippen LogP contribution in [0.15, 0.2) is 36.4 Å². The molecule has 1 heterocycles. The zero-order valence-corrected chi connectivity index (χ0v) is 17.3. The topological polar surface area (TPSA) is 166 Å². The van der Waals surface area contributed by atoms with Crippen LogP contribution in [0.1, 0.15) is 22.3 Å². The summed E-state index contributed by atoms with van der Waals surface area (Å²) in [5, 5.41) is 59.3. The van der Waals surface area contributed by atoms with Gasteiger partial charge >= 0.3 is 0 Å². The van der Waals surface area contributed by atoms with Gasteiger partial charge in [-0.3, -0.25) is 4.79 Å². The highest BCUT2D eigenvalue weighted by atomic mass is 16.7. The van der Waals surface area contributed by atoms with Crippen molar-refractivity contribution >= 4 is 5.78 Å². The highest BCUT2D eigenvalue weighted by Gasteiger charge is 2.45. The van der Waals surface area contributed by atoms with Crippen molar-refractivity contribution in [2.45, 2.75) is 43.5 Å². The lowest BCUT2D eigenvalue weighted by Gasteiger charge is -2.39. The number of aliphatic hydroxyl groups excluding tert-OH is 4. The van der Waals surface area contributed by atoms with Gasteiger partial charge in [0.05, 0.1) is 13.7 Å². The molecule has 3 rings (SSSR count). The van der Waals surface area contributed by atoms with Crippen LogP contribution in [0.4, 0.5) is 0 Å². The predicted molar refractivity (Wildman–Crippen MR) is 110 cm³/mol. The third-order valence-electron chi connectivity index (χ3n) is 5.24. The van der Waals surface area contributed by atoms with E-state index >= 15 is 0 Å². The fourth-order valence-electron chi connectivity index (χ4n) is 3.40. The molecule has 2 aromatic carbocycles. The summed E-state index contributed by atoms with van der Waals surface area (Å²) in [6.45, 7) is -0.646. The number of methoxy groups -OCH3 is 1. The van der Waals surface area contributed by atoms with Gasteiger partial charge in [0, 0.05) is 18.6 Å². The van der Waals surface area contributed by atoms with Gasteiger partial charge in [0.2, 0.25) is 6.29 Å². The molecule has 0 aromatic heterocycles. The van der Waals surface area contributed by atoms with Gasteiger partial charge in [-0.2, -0.15) is 0 Å². The molecule has 0 amide bonds. The van der Waals surface area contributed by atoms with Crippen LogP contribution in [0, 0.1) is 0 Å². The maximum Gasteiger partial charge on any atom is 0.229 e. The minimum Gasteiger partial charge on any atom is -0.508 e. The van der Waals surface area contributed by atoms with Crippen LogP contribution in [0.5, 0.6) is 23.0 Å². The first-order valence-corrected chi connectivity index (χ1v) is 9.94. The molecule has 2 aromatic rings. The van der Waals surface area contributed by atoms with Gasteiger partial charge < -0.3 is 44.8 Å². The number of Topliss-reactive ketones (excluding diaryl/α,β-unsaturated/α-hetero) is 1. The zero-order valence-electron chi connectivity index (χ0n) is 17.3. The standard InChI is InChI=1S/C22H26O10/c1-30-13-8-15(26)18(14(25)7-4-11-2-5-12(24)6-3-11)16(9-13)31-22-21(29)20(28)19(27)17(10-23)32-22/h2-3,5-6,8-9,17,19-24,26-29H,4,7,10H2,1H3/t17-,19-,20?,21-,22-/m0/s1. The number of aryl methyl sites for hydroxylation is 1. The first kappa shape index (κ1) is 23.8. The second kappa shape index (κ2) is 10.2. The number of benzene rings is 2. The van der Waals surface area contributed by atoms with Crippen molar-refractivity contribution in [2.24, 2.45) is 0 Å². The molecule has 5 atom stereocenters. The lowest BCUT2D eigenvalue weighted by molar-refractivity contribution is -0.277. The number of ketones is 1. The zero-order chi connectivity index (χ0) is 23.4. The summed E-state index contributed by atoms with van der Waals surface area (Å²) in [5.74, 6) is -0.792. The second-order valence-corrected chi connectivity index (χ2v) is 7.42. The third kappa shape index (κ3) is 5.12. The Labute approximate surface area is 183 Å². The minimum atomic E-state index is -1.69. The smallest absolute Gasteiger partial charge is 0.229 e. The van der Waals surface area contributed by atoms with Crippen LogP contribution in [0.25, 0.3) is 0 Å². The van der Waals surface area contributed by atoms with Crippen molar-refractivity contribution in [3.63, 3.8) is 0 Å². The number of phenols is 2. The summed E-state index contributed by atoms with van der Waals surface area (Å²) in [7, 11) is 1.35. The average Bonchev–Trinajstić information content (AvgIpc) is 2.78. The average molecular weight is 450 g/mol. The van der Waals surface area contributed by atoms with Gasteiger partial charge in [0.25, 0.3) is 0 Å². The molecule has 32 heavy (non-hydrogen) atoms. The quantitative estimate of drug-likeness (QED) is 0.304. The van der Waals surface area contributed by atoms with E-state index in [0.29, 0.717) is 6.42 Å². The van der Waals surface area contributed by atoms with Gasteiger partial charge in [-0.05, 0) is 24.1 Å². The van der Waals surface area contributed by atoms with E-state index in [9.17, 15) is 35.4 Å². The Morgan fingerprint density at radius 1 is 1.03 bits per heavy atom. The van der Waals surface area contributed by atoms with Crippen LogP contribution in [-0.4, -0.2) is 80.8 Å². The van der Waals surface area contributed by atoms with Crippen molar-refractivity contribution in [2.75, 3.05) is 13.7 Å². The Morgan fingerprint density at radius 3 is 2.34 bits per heavy atom. The van der Waals surface area contributed by atoms with Crippen LogP contribution in [-0.2, 0) is 11.2 Å². The Kier molecular flexibility index (Phi) is 7.54. The molecule has 1 saturated heterocycles. The van der Waals surface area contributed by atoms with Gasteiger partial charge in [-0.15, -0.1) is 0 Å². The number of hydrogen-bond donors (Lipinski definition) is 6. The molecule has 1 aliphatic heterocycles. The Bertz CT molecular complexity index is 927. The lowest BCUT2D eigenvalue weighted by atomic mass is 9.99. The van der Waals surface area contributed by atoms with E-state index in [1.165, 1.54) is 31.4 Å². The monoisotopic (exact) mass is 450 g/mol. The first-order valence-electron chi connectivity index (χ1n) is 9.94. The molecule has 1 fully saturated rings. The van der Waals surface area contributed by atoms with Crippen molar-refractivity contribution in [3.05, 3.63) is 47.5 Å². The highest BCUT2D eigenvalue weighted by molar-refractivity contribution is 6.01. The van der Waals surface area contributed by atoms with E-state index in [4.69, 9.17) is 14.2 Å². The van der Waals surface area contributed by atoms with Crippen molar-refractivity contribution < 1.29 is 49.6 Å². The second-order valence-electron chi connectivity index (χ2n) is 7.42. The molecule has 0 radical (unpaired) electrons. The molecular weight excluding hydrogens is 424 g/mol. The van der Waals surface area contributed by atoms with Crippen LogP contribution < -0.4 is 9.47 Å². The third-order valence-corrected chi connectivity index (χ3v) is 5.24. The molecule has 1 aliphatic rings. The number of aromatic hydroxyl groups is 2. The minimum absolute atomic E-state index is 0.00426. The van der Waals surface area contributed by atoms with Crippen molar-refractivity contribution in [3.8, 4) is 23.0 Å². The van der Waals surface area contributed by atoms with E-state index in [1.807, 2.05) is 0 Å². The Morgan fingerprint density at radius 2 is 1.72 bits per heavy atom. The molecule has 10 heteroatoms. The number of phenolic OH excluding ortho intramolecular Hbond substituents is 2. The molecule has 0 aliphatic carbocycles. The number of rotatable bonds is 8. The molecule has 6 N–H and O–H groups in total. The number of aliphatic hydroxyl groups is 4. The highest BCUT2D eigenvalue weighted by Crippen LogP contribution is 2.36. The molecule has 174 valence electrons. The van der Waals surface area contributed by atoms with Crippen molar-refractivity contribution in [1.29, 1.82) is 0 Å². The van der Waals surface area contributed by atoms with E-state index in [-0.39, 0.29) is 29.2 Å². The maximum absolute atomic E-state index is 12.9. The summed E-state index contributed by atoms with van der Waals surface area (Å²) in [4.78, 5) is 12.9. The predicted octanol–water partition coefficient (Wildman–Crippen LogP) is 0.101. The first-order chi connectivity index (χ1) is 15.2. The van der Waals surface area contributed by atoms with Gasteiger partial charge in [-0.25, -0.2) is 0 Å². The summed E-state index contributed by atoms with van der Waals surface area (Å²) >= 11 is 0. The van der Waals surface area contributed by atoms with Crippen LogP contribution in [0.3, 0.4) is 0 Å². The molecule has 0 bridgehead atoms. The fraction of sp³-hybridized carbons (Fsp3) is 0.409. The molecule has 10 nitrogen and oxygen atoms in total. The van der Waals surface area contributed by atoms with Gasteiger partial charge in [0.1, 0.15) is 53.0 Å². The lowest BCUT2D eigenvalue weighted by Crippen LogP contribution is -2.60. The van der Waals surface area contributed by atoms with Crippen LogP contribution >= 0.6 is 0 Å². The molecule has 1 unspecified atom stereocenters. The Hall–Kier alpha value is -2.89. The Balaban J connectivity index is 1.85. The summed E-state index contributed by atoms with van der Waals surface area (Å²) in [6, 6.07) is 8.88. The van der Waals surface area contributed by atoms with E-state index in [0.717, 1.165) is 5.56 Å². The number of hydrogen-bond acceptors (Lipinski definition) is 10. The van der Waals surface area contributed by atoms with Crippen molar-refractivity contribution in [1.82, 2.24) is 0 Å². The number of carbonyl (C=O) groups excluding carboxylic acids is 1. The number of carbonyl (C=O) groups is 1. The summed E-state index contributed by atoms with van der Waals surface area (Å²) in [5.41, 5.74) is 0.613. The fourth-order valence-corrected chi connectivity index (χ4v) is 3.40. The summed E-state index contributed by atoms with van der Waals surface area (Å²) < 4.78 is 16.0.